The van der Waals surface area contributed by atoms with E-state index in [9.17, 15) is 10.2 Å². The second-order valence-corrected chi connectivity index (χ2v) is 5.36. The Balaban J connectivity index is 2.15. The average Bonchev–Trinajstić information content (AvgIpc) is 3.05. The van der Waals surface area contributed by atoms with Crippen molar-refractivity contribution in [1.82, 2.24) is 9.78 Å². The molecule has 0 aliphatic heterocycles. The minimum Gasteiger partial charge on any atom is -0.504 e. The Morgan fingerprint density at radius 3 is 2.55 bits per heavy atom. The lowest BCUT2D eigenvalue weighted by Crippen LogP contribution is -1.95. The summed E-state index contributed by atoms with van der Waals surface area (Å²) in [6, 6.07) is 11.2. The van der Waals surface area contributed by atoms with Crippen molar-refractivity contribution in [3.05, 3.63) is 47.7 Å². The van der Waals surface area contributed by atoms with E-state index in [1.807, 2.05) is 37.3 Å². The van der Waals surface area contributed by atoms with E-state index in [1.165, 1.54) is 6.07 Å². The first-order valence-corrected chi connectivity index (χ1v) is 6.96. The number of nitrogens with zero attached hydrogens (tertiary/aromatic N) is 2. The summed E-state index contributed by atoms with van der Waals surface area (Å²) < 4.78 is 7.69. The van der Waals surface area contributed by atoms with Crippen LogP contribution in [0.3, 0.4) is 0 Å². The number of furan rings is 1. The molecule has 0 aliphatic carbocycles. The van der Waals surface area contributed by atoms with Gasteiger partial charge in [-0.15, -0.1) is 0 Å². The third-order valence-corrected chi connectivity index (χ3v) is 3.95. The van der Waals surface area contributed by atoms with Crippen LogP contribution in [0.25, 0.3) is 27.8 Å². The summed E-state index contributed by atoms with van der Waals surface area (Å²) in [5, 5.41) is 25.9. The predicted octanol–water partition coefficient (Wildman–Crippen LogP) is 3.80. The molecule has 0 atom stereocenters. The van der Waals surface area contributed by atoms with Crippen molar-refractivity contribution in [2.24, 2.45) is 0 Å². The van der Waals surface area contributed by atoms with E-state index >= 15 is 0 Å². The number of aromatic hydroxyl groups is 2. The molecule has 22 heavy (non-hydrogen) atoms. The monoisotopic (exact) mass is 294 g/mol. The molecule has 0 radical (unpaired) electrons. The van der Waals surface area contributed by atoms with Gasteiger partial charge >= 0.3 is 0 Å². The lowest BCUT2D eigenvalue weighted by atomic mass is 10.1. The zero-order valence-electron chi connectivity index (χ0n) is 12.2. The molecule has 2 heterocycles. The molecule has 4 aromatic rings. The average molecular weight is 294 g/mol. The summed E-state index contributed by atoms with van der Waals surface area (Å²) in [6.07, 6.45) is 0. The molecule has 110 valence electrons. The number of aryl methyl sites for hydroxylation is 2. The number of hydrogen-bond donors (Lipinski definition) is 2. The number of para-hydroxylation sites is 1. The molecule has 0 unspecified atom stereocenters. The molecule has 4 rings (SSSR count). The molecule has 0 amide bonds. The lowest BCUT2D eigenvalue weighted by Gasteiger charge is -2.03. The molecule has 5 heteroatoms. The number of aromatic nitrogens is 2. The second kappa shape index (κ2) is 4.27. The van der Waals surface area contributed by atoms with Gasteiger partial charge in [-0.05, 0) is 32.0 Å². The SMILES string of the molecule is Cc1c(O)c(O)cc2c1oc1c2c(C)nn1-c1ccccc1. The Bertz CT molecular complexity index is 1010. The van der Waals surface area contributed by atoms with Crippen LogP contribution in [-0.4, -0.2) is 20.0 Å². The number of phenolic OH excluding ortho intramolecular Hbond substituents is 2. The van der Waals surface area contributed by atoms with Crippen molar-refractivity contribution in [2.75, 3.05) is 0 Å². The number of phenols is 2. The summed E-state index contributed by atoms with van der Waals surface area (Å²) in [6.45, 7) is 3.62. The molecule has 0 fully saturated rings. The van der Waals surface area contributed by atoms with Crippen LogP contribution in [0.1, 0.15) is 11.3 Å². The van der Waals surface area contributed by atoms with Crippen molar-refractivity contribution in [2.45, 2.75) is 13.8 Å². The highest BCUT2D eigenvalue weighted by atomic mass is 16.3. The fraction of sp³-hybridized carbons (Fsp3) is 0.118. The van der Waals surface area contributed by atoms with E-state index in [0.717, 1.165) is 22.2 Å². The lowest BCUT2D eigenvalue weighted by molar-refractivity contribution is 0.401. The highest BCUT2D eigenvalue weighted by Gasteiger charge is 2.21. The predicted molar refractivity (Wildman–Crippen MR) is 83.6 cm³/mol. The maximum absolute atomic E-state index is 9.89. The van der Waals surface area contributed by atoms with Crippen LogP contribution in [0.15, 0.2) is 40.8 Å². The third kappa shape index (κ3) is 1.56. The Morgan fingerprint density at radius 1 is 1.09 bits per heavy atom. The Kier molecular flexibility index (Phi) is 2.48. The Morgan fingerprint density at radius 2 is 1.82 bits per heavy atom. The van der Waals surface area contributed by atoms with Gasteiger partial charge in [0.1, 0.15) is 5.58 Å². The Hall–Kier alpha value is -2.95. The largest absolute Gasteiger partial charge is 0.504 e. The zero-order valence-corrected chi connectivity index (χ0v) is 12.2. The third-order valence-electron chi connectivity index (χ3n) is 3.95. The Labute approximate surface area is 126 Å². The standard InChI is InChI=1S/C17H14N2O3/c1-9-15(21)13(20)8-12-14-10(2)18-19(17(14)22-16(9)12)11-6-4-3-5-7-11/h3-8,20-21H,1-2H3. The van der Waals surface area contributed by atoms with Crippen LogP contribution in [0.5, 0.6) is 11.5 Å². The highest BCUT2D eigenvalue weighted by Crippen LogP contribution is 2.41. The molecule has 2 N–H and O–H groups in total. The normalized spacial score (nSPS) is 11.5. The molecule has 0 spiro atoms. The van der Waals surface area contributed by atoms with Gasteiger partial charge in [0.15, 0.2) is 11.5 Å². The van der Waals surface area contributed by atoms with Crippen molar-refractivity contribution < 1.29 is 14.6 Å². The summed E-state index contributed by atoms with van der Waals surface area (Å²) >= 11 is 0. The number of rotatable bonds is 1. The van der Waals surface area contributed by atoms with Gasteiger partial charge in [-0.1, -0.05) is 18.2 Å². The van der Waals surface area contributed by atoms with Gasteiger partial charge in [-0.2, -0.15) is 9.78 Å². The maximum Gasteiger partial charge on any atom is 0.230 e. The van der Waals surface area contributed by atoms with E-state index < -0.39 is 0 Å². The highest BCUT2D eigenvalue weighted by molar-refractivity contribution is 6.08. The fourth-order valence-corrected chi connectivity index (χ4v) is 2.84. The molecule has 5 nitrogen and oxygen atoms in total. The quantitative estimate of drug-likeness (QED) is 0.524. The van der Waals surface area contributed by atoms with Crippen molar-refractivity contribution in [3.63, 3.8) is 0 Å². The van der Waals surface area contributed by atoms with E-state index in [-0.39, 0.29) is 11.5 Å². The number of hydrogen-bond acceptors (Lipinski definition) is 4. The van der Waals surface area contributed by atoms with Gasteiger partial charge in [0.05, 0.1) is 16.8 Å². The second-order valence-electron chi connectivity index (χ2n) is 5.36. The van der Waals surface area contributed by atoms with Gasteiger partial charge in [-0.25, -0.2) is 0 Å². The molecular weight excluding hydrogens is 280 g/mol. The molecule has 2 aromatic carbocycles. The van der Waals surface area contributed by atoms with Gasteiger partial charge in [0.25, 0.3) is 0 Å². The van der Waals surface area contributed by atoms with Gasteiger partial charge in [0, 0.05) is 10.9 Å². The number of fused-ring (bicyclic) bond motifs is 3. The minimum atomic E-state index is -0.153. The van der Waals surface area contributed by atoms with Crippen LogP contribution in [0, 0.1) is 13.8 Å². The number of benzene rings is 2. The smallest absolute Gasteiger partial charge is 0.230 e. The summed E-state index contributed by atoms with van der Waals surface area (Å²) in [7, 11) is 0. The molecule has 0 aliphatic rings. The van der Waals surface area contributed by atoms with Gasteiger partial charge in [0.2, 0.25) is 5.71 Å². The summed E-state index contributed by atoms with van der Waals surface area (Å²) in [5.41, 5.74) is 3.39. The van der Waals surface area contributed by atoms with Crippen molar-refractivity contribution >= 4 is 22.1 Å². The maximum atomic E-state index is 9.89. The van der Waals surface area contributed by atoms with Gasteiger partial charge in [-0.3, -0.25) is 0 Å². The molecule has 0 saturated carbocycles. The van der Waals surface area contributed by atoms with Crippen LogP contribution in [0.2, 0.25) is 0 Å². The van der Waals surface area contributed by atoms with E-state index in [4.69, 9.17) is 4.42 Å². The molecular formula is C17H14N2O3. The van der Waals surface area contributed by atoms with Crippen LogP contribution in [0.4, 0.5) is 0 Å². The van der Waals surface area contributed by atoms with Crippen molar-refractivity contribution in [1.29, 1.82) is 0 Å². The van der Waals surface area contributed by atoms with E-state index in [1.54, 1.807) is 11.6 Å². The molecule has 0 saturated heterocycles. The van der Waals surface area contributed by atoms with E-state index in [0.29, 0.717) is 16.9 Å². The topological polar surface area (TPSA) is 71.4 Å². The first-order chi connectivity index (χ1) is 10.6. The minimum absolute atomic E-state index is 0.152. The zero-order chi connectivity index (χ0) is 15.4. The van der Waals surface area contributed by atoms with E-state index in [2.05, 4.69) is 5.10 Å². The van der Waals surface area contributed by atoms with Gasteiger partial charge < -0.3 is 14.6 Å². The summed E-state index contributed by atoms with van der Waals surface area (Å²) in [4.78, 5) is 0. The van der Waals surface area contributed by atoms with Crippen molar-refractivity contribution in [3.8, 4) is 17.2 Å². The van der Waals surface area contributed by atoms with Crippen LogP contribution < -0.4 is 0 Å². The van der Waals surface area contributed by atoms with Crippen LogP contribution >= 0.6 is 0 Å². The van der Waals surface area contributed by atoms with Crippen LogP contribution in [-0.2, 0) is 0 Å². The molecule has 0 bridgehead atoms. The first-order valence-electron chi connectivity index (χ1n) is 6.96. The first kappa shape index (κ1) is 12.8. The fourth-order valence-electron chi connectivity index (χ4n) is 2.84. The molecule has 2 aromatic heterocycles. The summed E-state index contributed by atoms with van der Waals surface area (Å²) in [5.74, 6) is -0.305.